The molecule has 3 heteroatoms. The molecule has 3 nitrogen and oxygen atoms in total. The number of nitrogens with one attached hydrogen (secondary N) is 2. The Labute approximate surface area is 79.3 Å². The number of carbonyl (C=O) groups excluding carboxylic acids is 1. The van der Waals surface area contributed by atoms with Crippen molar-refractivity contribution in [3.05, 3.63) is 0 Å². The van der Waals surface area contributed by atoms with Gasteiger partial charge < -0.3 is 10.6 Å². The van der Waals surface area contributed by atoms with Crippen LogP contribution in [0, 0.1) is 0 Å². The van der Waals surface area contributed by atoms with Gasteiger partial charge in [0.25, 0.3) is 0 Å². The zero-order valence-corrected chi connectivity index (χ0v) is 8.01. The maximum atomic E-state index is 11.4. The second-order valence-electron chi connectivity index (χ2n) is 4.19. The Hall–Kier alpha value is -0.570. The fourth-order valence-corrected chi connectivity index (χ4v) is 1.84. The van der Waals surface area contributed by atoms with Gasteiger partial charge in [0.2, 0.25) is 5.91 Å². The molecule has 1 aliphatic heterocycles. The highest BCUT2D eigenvalue weighted by atomic mass is 16.1. The minimum Gasteiger partial charge on any atom is -0.353 e. The van der Waals surface area contributed by atoms with Crippen LogP contribution < -0.4 is 10.6 Å². The third-order valence-electron chi connectivity index (χ3n) is 2.79. The fourth-order valence-electron chi connectivity index (χ4n) is 1.84. The molecular formula is C10H18N2O. The second kappa shape index (κ2) is 4.09. The lowest BCUT2D eigenvalue weighted by Crippen LogP contribution is -2.39. The molecule has 0 unspecified atom stereocenters. The van der Waals surface area contributed by atoms with Gasteiger partial charge in [-0.1, -0.05) is 6.42 Å². The van der Waals surface area contributed by atoms with E-state index in [1.807, 2.05) is 0 Å². The summed E-state index contributed by atoms with van der Waals surface area (Å²) in [7, 11) is 0. The van der Waals surface area contributed by atoms with E-state index in [2.05, 4.69) is 10.6 Å². The summed E-state index contributed by atoms with van der Waals surface area (Å²) in [5.74, 6) is 0.238. The van der Waals surface area contributed by atoms with E-state index in [1.54, 1.807) is 0 Å². The Bertz CT molecular complexity index is 183. The van der Waals surface area contributed by atoms with Crippen LogP contribution in [-0.2, 0) is 4.79 Å². The summed E-state index contributed by atoms with van der Waals surface area (Å²) in [6.07, 6.45) is 6.75. The largest absolute Gasteiger partial charge is 0.353 e. The maximum absolute atomic E-state index is 11.4. The van der Waals surface area contributed by atoms with Crippen molar-refractivity contribution in [2.24, 2.45) is 0 Å². The topological polar surface area (TPSA) is 41.1 Å². The molecule has 0 aromatic carbocycles. The van der Waals surface area contributed by atoms with Crippen molar-refractivity contribution in [1.82, 2.24) is 10.6 Å². The van der Waals surface area contributed by atoms with Gasteiger partial charge in [0.15, 0.2) is 0 Å². The molecule has 1 heterocycles. The van der Waals surface area contributed by atoms with Gasteiger partial charge in [-0.05, 0) is 32.2 Å². The molecule has 13 heavy (non-hydrogen) atoms. The molecule has 1 aliphatic carbocycles. The number of hydrogen-bond acceptors (Lipinski definition) is 2. The molecule has 2 fully saturated rings. The van der Waals surface area contributed by atoms with E-state index in [4.69, 9.17) is 0 Å². The molecule has 1 atom stereocenters. The lowest BCUT2D eigenvalue weighted by atomic mass is 10.0. The minimum absolute atomic E-state index is 0.238. The molecule has 1 saturated carbocycles. The van der Waals surface area contributed by atoms with Crippen LogP contribution >= 0.6 is 0 Å². The van der Waals surface area contributed by atoms with E-state index in [-0.39, 0.29) is 5.91 Å². The highest BCUT2D eigenvalue weighted by Gasteiger charge is 2.24. The Morgan fingerprint density at radius 3 is 2.77 bits per heavy atom. The first kappa shape index (κ1) is 9.00. The predicted molar refractivity (Wildman–Crippen MR) is 51.4 cm³/mol. The first-order chi connectivity index (χ1) is 6.34. The lowest BCUT2D eigenvalue weighted by molar-refractivity contribution is -0.121. The normalized spacial score (nSPS) is 28.5. The van der Waals surface area contributed by atoms with Crippen molar-refractivity contribution < 1.29 is 4.79 Å². The molecule has 0 spiro atoms. The molecule has 0 bridgehead atoms. The Morgan fingerprint density at radius 1 is 1.31 bits per heavy atom. The summed E-state index contributed by atoms with van der Waals surface area (Å²) in [5, 5.41) is 6.41. The summed E-state index contributed by atoms with van der Waals surface area (Å²) >= 11 is 0. The average molecular weight is 182 g/mol. The number of carbonyl (C=O) groups is 1. The predicted octanol–water partition coefficient (Wildman–Crippen LogP) is 0.797. The van der Waals surface area contributed by atoms with Crippen LogP contribution in [0.1, 0.15) is 38.5 Å². The van der Waals surface area contributed by atoms with Crippen molar-refractivity contribution in [2.75, 3.05) is 6.54 Å². The van der Waals surface area contributed by atoms with E-state index in [9.17, 15) is 4.79 Å². The van der Waals surface area contributed by atoms with Gasteiger partial charge in [-0.15, -0.1) is 0 Å². The smallest absolute Gasteiger partial charge is 0.221 e. The first-order valence-corrected chi connectivity index (χ1v) is 5.37. The van der Waals surface area contributed by atoms with Gasteiger partial charge in [-0.2, -0.15) is 0 Å². The summed E-state index contributed by atoms with van der Waals surface area (Å²) in [5.41, 5.74) is 0. The third kappa shape index (κ3) is 2.99. The van der Waals surface area contributed by atoms with Crippen LogP contribution in [-0.4, -0.2) is 24.5 Å². The van der Waals surface area contributed by atoms with Crippen molar-refractivity contribution in [3.63, 3.8) is 0 Å². The molecule has 2 N–H and O–H groups in total. The highest BCUT2D eigenvalue weighted by molar-refractivity contribution is 5.77. The zero-order valence-electron chi connectivity index (χ0n) is 8.01. The molecule has 0 radical (unpaired) electrons. The zero-order chi connectivity index (χ0) is 9.10. The summed E-state index contributed by atoms with van der Waals surface area (Å²) < 4.78 is 0. The maximum Gasteiger partial charge on any atom is 0.221 e. The fraction of sp³-hybridized carbons (Fsp3) is 0.900. The van der Waals surface area contributed by atoms with Gasteiger partial charge >= 0.3 is 0 Å². The Balaban J connectivity index is 1.66. The molecule has 0 aromatic rings. The molecule has 1 saturated heterocycles. The second-order valence-corrected chi connectivity index (χ2v) is 4.19. The number of hydrogen-bond donors (Lipinski definition) is 2. The van der Waals surface area contributed by atoms with E-state index < -0.39 is 0 Å². The summed E-state index contributed by atoms with van der Waals surface area (Å²) in [4.78, 5) is 11.4. The molecule has 74 valence electrons. The van der Waals surface area contributed by atoms with Crippen molar-refractivity contribution in [1.29, 1.82) is 0 Å². The van der Waals surface area contributed by atoms with Crippen molar-refractivity contribution >= 4 is 5.91 Å². The average Bonchev–Trinajstić information content (AvgIpc) is 2.90. The van der Waals surface area contributed by atoms with Crippen LogP contribution in [0.3, 0.4) is 0 Å². The van der Waals surface area contributed by atoms with Crippen molar-refractivity contribution in [3.8, 4) is 0 Å². The summed E-state index contributed by atoms with van der Waals surface area (Å²) in [6, 6.07) is 0.948. The molecule has 2 aliphatic rings. The third-order valence-corrected chi connectivity index (χ3v) is 2.79. The number of rotatable bonds is 3. The van der Waals surface area contributed by atoms with Crippen molar-refractivity contribution in [2.45, 2.75) is 50.6 Å². The lowest BCUT2D eigenvalue weighted by Gasteiger charge is -2.22. The van der Waals surface area contributed by atoms with Gasteiger partial charge in [0.05, 0.1) is 0 Å². The molecule has 0 aromatic heterocycles. The highest BCUT2D eigenvalue weighted by Crippen LogP contribution is 2.19. The van der Waals surface area contributed by atoms with Crippen LogP contribution in [0.5, 0.6) is 0 Å². The van der Waals surface area contributed by atoms with E-state index in [0.717, 1.165) is 13.0 Å². The van der Waals surface area contributed by atoms with Crippen LogP contribution in [0.2, 0.25) is 0 Å². The quantitative estimate of drug-likeness (QED) is 0.677. The number of piperidine rings is 1. The van der Waals surface area contributed by atoms with Gasteiger partial charge in [-0.25, -0.2) is 0 Å². The van der Waals surface area contributed by atoms with Crippen LogP contribution in [0.15, 0.2) is 0 Å². The standard InChI is InChI=1S/C10H18N2O/c13-10(12-8-4-5-8)7-9-3-1-2-6-11-9/h8-9,11H,1-7H2,(H,12,13)/t9-/m1/s1. The van der Waals surface area contributed by atoms with Crippen LogP contribution in [0.25, 0.3) is 0 Å². The summed E-state index contributed by atoms with van der Waals surface area (Å²) in [6.45, 7) is 1.08. The minimum atomic E-state index is 0.238. The van der Waals surface area contributed by atoms with Gasteiger partial charge in [-0.3, -0.25) is 4.79 Å². The Morgan fingerprint density at radius 2 is 2.15 bits per heavy atom. The van der Waals surface area contributed by atoms with Gasteiger partial charge in [0.1, 0.15) is 0 Å². The monoisotopic (exact) mass is 182 g/mol. The van der Waals surface area contributed by atoms with E-state index in [1.165, 1.54) is 25.7 Å². The molecule has 1 amide bonds. The first-order valence-electron chi connectivity index (χ1n) is 5.37. The Kier molecular flexibility index (Phi) is 2.83. The van der Waals surface area contributed by atoms with E-state index in [0.29, 0.717) is 18.5 Å². The molecule has 2 rings (SSSR count). The van der Waals surface area contributed by atoms with Gasteiger partial charge in [0, 0.05) is 18.5 Å². The van der Waals surface area contributed by atoms with Crippen LogP contribution in [0.4, 0.5) is 0 Å². The number of amides is 1. The van der Waals surface area contributed by atoms with E-state index >= 15 is 0 Å². The SMILES string of the molecule is O=C(C[C@H]1CCCCN1)NC1CC1. The molecular weight excluding hydrogens is 164 g/mol.